The molecule has 0 radical (unpaired) electrons. The normalized spacial score (nSPS) is 11.0. The number of carbonyl (C=O) groups is 1. The predicted molar refractivity (Wildman–Crippen MR) is 156 cm³/mol. The van der Waals surface area contributed by atoms with Crippen LogP contribution in [0, 0.1) is 0 Å². The van der Waals surface area contributed by atoms with Gasteiger partial charge in [0.05, 0.1) is 16.9 Å². The second kappa shape index (κ2) is 11.4. The first-order chi connectivity index (χ1) is 18.5. The van der Waals surface area contributed by atoms with Crippen LogP contribution in [0.1, 0.15) is 41.4 Å². The molecule has 5 aromatic rings. The Bertz CT molecular complexity index is 1570. The van der Waals surface area contributed by atoms with Crippen LogP contribution in [0.25, 0.3) is 10.9 Å². The molecule has 4 N–H and O–H groups in total. The number of pyridine rings is 2. The smallest absolute Gasteiger partial charge is 0.251 e. The summed E-state index contributed by atoms with van der Waals surface area (Å²) in [5.41, 5.74) is 11.8. The van der Waals surface area contributed by atoms with E-state index in [0.717, 1.165) is 49.0 Å². The van der Waals surface area contributed by atoms with Gasteiger partial charge >= 0.3 is 0 Å². The van der Waals surface area contributed by atoms with Crippen LogP contribution in [0.5, 0.6) is 0 Å². The van der Waals surface area contributed by atoms with E-state index in [0.29, 0.717) is 18.0 Å². The molecule has 38 heavy (non-hydrogen) atoms. The number of anilines is 3. The van der Waals surface area contributed by atoms with Gasteiger partial charge in [0.2, 0.25) is 0 Å². The van der Waals surface area contributed by atoms with Gasteiger partial charge in [-0.15, -0.1) is 0 Å². The summed E-state index contributed by atoms with van der Waals surface area (Å²) in [6.45, 7) is 4.69. The molecule has 6 nitrogen and oxygen atoms in total. The van der Waals surface area contributed by atoms with E-state index in [1.54, 1.807) is 18.0 Å². The van der Waals surface area contributed by atoms with E-state index in [9.17, 15) is 4.79 Å². The molecule has 5 rings (SSSR count). The average Bonchev–Trinajstić information content (AvgIpc) is 2.94. The Morgan fingerprint density at radius 3 is 2.47 bits per heavy atom. The number of hydrogen-bond acceptors (Lipinski definition) is 6. The fraction of sp³-hybridized carbons (Fsp3) is 0.129. The first kappa shape index (κ1) is 25.3. The van der Waals surface area contributed by atoms with Crippen molar-refractivity contribution in [1.29, 1.82) is 0 Å². The second-order valence-corrected chi connectivity index (χ2v) is 10.4. The minimum Gasteiger partial charge on any atom is -0.399 e. The van der Waals surface area contributed by atoms with Gasteiger partial charge in [-0.2, -0.15) is 0 Å². The Balaban J connectivity index is 1.48. The minimum absolute atomic E-state index is 0.135. The van der Waals surface area contributed by atoms with E-state index < -0.39 is 0 Å². The van der Waals surface area contributed by atoms with Crippen molar-refractivity contribution < 1.29 is 4.79 Å². The summed E-state index contributed by atoms with van der Waals surface area (Å²) in [6.07, 6.45) is 3.65. The molecule has 0 spiro atoms. The van der Waals surface area contributed by atoms with Crippen molar-refractivity contribution in [3.8, 4) is 0 Å². The van der Waals surface area contributed by atoms with Gasteiger partial charge in [0.25, 0.3) is 5.91 Å². The van der Waals surface area contributed by atoms with Crippen molar-refractivity contribution in [2.45, 2.75) is 36.1 Å². The largest absolute Gasteiger partial charge is 0.399 e. The molecule has 0 aliphatic heterocycles. The number of hydrogen-bond donors (Lipinski definition) is 3. The highest BCUT2D eigenvalue weighted by Crippen LogP contribution is 2.37. The third-order valence-corrected chi connectivity index (χ3v) is 7.24. The average molecular weight is 520 g/mol. The minimum atomic E-state index is -0.135. The summed E-state index contributed by atoms with van der Waals surface area (Å²) in [4.78, 5) is 24.3. The maximum absolute atomic E-state index is 13.1. The summed E-state index contributed by atoms with van der Waals surface area (Å²) < 4.78 is 0. The lowest BCUT2D eigenvalue weighted by molar-refractivity contribution is 0.0951. The molecule has 0 atom stereocenters. The molecule has 190 valence electrons. The molecule has 0 aliphatic carbocycles. The van der Waals surface area contributed by atoms with Crippen molar-refractivity contribution in [3.63, 3.8) is 0 Å². The number of nitrogen functional groups attached to an aromatic ring is 1. The lowest BCUT2D eigenvalue weighted by atomic mass is 10.1. The van der Waals surface area contributed by atoms with Gasteiger partial charge in [0.15, 0.2) is 0 Å². The Morgan fingerprint density at radius 2 is 1.71 bits per heavy atom. The van der Waals surface area contributed by atoms with Crippen LogP contribution in [0.15, 0.2) is 107 Å². The number of fused-ring (bicyclic) bond motifs is 1. The zero-order chi connectivity index (χ0) is 26.5. The number of amides is 1. The molecule has 3 aromatic carbocycles. The number of aromatic nitrogens is 2. The monoisotopic (exact) mass is 519 g/mol. The number of nitrogens with two attached hydrogens (primary N) is 1. The standard InChI is InChI=1S/C31H29N5OS/c1-20(2)27-17-28-25(19-34-27)26(14-15-33-28)36-29-16-22(31(37)35-18-21-6-4-3-5-7-21)8-13-30(29)38-24-11-9-23(32)10-12-24/h3-17,19-20H,18,32H2,1-2H3,(H,33,36)(H,35,37). The SMILES string of the molecule is CC(C)c1cc2nccc(Nc3cc(C(=O)NCc4ccccc4)ccc3Sc3ccc(N)cc3)c2cn1. The van der Waals surface area contributed by atoms with Crippen LogP contribution >= 0.6 is 11.8 Å². The lowest BCUT2D eigenvalue weighted by Gasteiger charge is -2.16. The molecular formula is C31H29N5OS. The summed E-state index contributed by atoms with van der Waals surface area (Å²) in [7, 11) is 0. The molecular weight excluding hydrogens is 490 g/mol. The number of rotatable bonds is 8. The van der Waals surface area contributed by atoms with Crippen molar-refractivity contribution in [3.05, 3.63) is 114 Å². The molecule has 0 unspecified atom stereocenters. The first-order valence-corrected chi connectivity index (χ1v) is 13.3. The molecule has 2 heterocycles. The maximum atomic E-state index is 13.1. The Hall–Kier alpha value is -4.36. The van der Waals surface area contributed by atoms with Gasteiger partial charge in [-0.3, -0.25) is 14.8 Å². The molecule has 0 saturated heterocycles. The predicted octanol–water partition coefficient (Wildman–Crippen LogP) is 7.16. The van der Waals surface area contributed by atoms with Crippen molar-refractivity contribution in [2.75, 3.05) is 11.1 Å². The Morgan fingerprint density at radius 1 is 0.921 bits per heavy atom. The van der Waals surface area contributed by atoms with Crippen LogP contribution < -0.4 is 16.4 Å². The van der Waals surface area contributed by atoms with E-state index >= 15 is 0 Å². The van der Waals surface area contributed by atoms with Crippen molar-refractivity contribution in [2.24, 2.45) is 0 Å². The van der Waals surface area contributed by atoms with Crippen LogP contribution in [0.2, 0.25) is 0 Å². The third kappa shape index (κ3) is 5.95. The van der Waals surface area contributed by atoms with Crippen LogP contribution in [-0.4, -0.2) is 15.9 Å². The van der Waals surface area contributed by atoms with Gasteiger partial charge in [0.1, 0.15) is 0 Å². The number of carbonyl (C=O) groups excluding carboxylic acids is 1. The first-order valence-electron chi connectivity index (χ1n) is 12.5. The molecule has 7 heteroatoms. The van der Waals surface area contributed by atoms with E-state index in [4.69, 9.17) is 5.73 Å². The quantitative estimate of drug-likeness (QED) is 0.188. The zero-order valence-electron chi connectivity index (χ0n) is 21.3. The Labute approximate surface area is 226 Å². The number of nitrogens with one attached hydrogen (secondary N) is 2. The second-order valence-electron chi connectivity index (χ2n) is 9.31. The van der Waals surface area contributed by atoms with Gasteiger partial charge < -0.3 is 16.4 Å². The molecule has 0 fully saturated rings. The van der Waals surface area contributed by atoms with E-state index in [-0.39, 0.29) is 5.91 Å². The van der Waals surface area contributed by atoms with E-state index in [1.165, 1.54) is 0 Å². The highest BCUT2D eigenvalue weighted by atomic mass is 32.2. The topological polar surface area (TPSA) is 92.9 Å². The van der Waals surface area contributed by atoms with Crippen molar-refractivity contribution >= 4 is 45.6 Å². The summed E-state index contributed by atoms with van der Waals surface area (Å²) >= 11 is 1.60. The summed E-state index contributed by atoms with van der Waals surface area (Å²) in [5.74, 6) is 0.176. The molecule has 1 amide bonds. The Kier molecular flexibility index (Phi) is 7.56. The molecule has 2 aromatic heterocycles. The highest BCUT2D eigenvalue weighted by Gasteiger charge is 2.14. The van der Waals surface area contributed by atoms with Crippen LogP contribution in [0.4, 0.5) is 17.1 Å². The van der Waals surface area contributed by atoms with Gasteiger partial charge in [0, 0.05) is 51.1 Å². The summed E-state index contributed by atoms with van der Waals surface area (Å²) in [5, 5.41) is 7.50. The van der Waals surface area contributed by atoms with E-state index in [1.807, 2.05) is 91.1 Å². The molecule has 0 aliphatic rings. The van der Waals surface area contributed by atoms with Crippen LogP contribution in [0.3, 0.4) is 0 Å². The molecule has 0 bridgehead atoms. The van der Waals surface area contributed by atoms with Crippen LogP contribution in [-0.2, 0) is 6.54 Å². The fourth-order valence-corrected chi connectivity index (χ4v) is 4.91. The van der Waals surface area contributed by atoms with Crippen molar-refractivity contribution in [1.82, 2.24) is 15.3 Å². The lowest BCUT2D eigenvalue weighted by Crippen LogP contribution is -2.22. The summed E-state index contributed by atoms with van der Waals surface area (Å²) in [6, 6.07) is 27.3. The van der Waals surface area contributed by atoms with Gasteiger partial charge in [-0.25, -0.2) is 0 Å². The number of nitrogens with zero attached hydrogens (tertiary/aromatic N) is 2. The third-order valence-electron chi connectivity index (χ3n) is 6.15. The zero-order valence-corrected chi connectivity index (χ0v) is 22.1. The van der Waals surface area contributed by atoms with E-state index in [2.05, 4.69) is 34.4 Å². The van der Waals surface area contributed by atoms with Gasteiger partial charge in [-0.05, 0) is 66.1 Å². The van der Waals surface area contributed by atoms with Gasteiger partial charge in [-0.1, -0.05) is 55.9 Å². The fourth-order valence-electron chi connectivity index (χ4n) is 4.03. The highest BCUT2D eigenvalue weighted by molar-refractivity contribution is 7.99. The molecule has 0 saturated carbocycles. The number of benzene rings is 3. The maximum Gasteiger partial charge on any atom is 0.251 e.